The lowest BCUT2D eigenvalue weighted by atomic mass is 9.85. The van der Waals surface area contributed by atoms with Crippen molar-refractivity contribution in [1.82, 2.24) is 10.9 Å². The van der Waals surface area contributed by atoms with E-state index in [4.69, 9.17) is 34.6 Å². The van der Waals surface area contributed by atoms with Gasteiger partial charge in [0.05, 0.1) is 20.8 Å². The van der Waals surface area contributed by atoms with Gasteiger partial charge >= 0.3 is 0 Å². The molecule has 1 aliphatic heterocycles. The predicted molar refractivity (Wildman–Crippen MR) is 157 cm³/mol. The summed E-state index contributed by atoms with van der Waals surface area (Å²) >= 11 is 0. The van der Waals surface area contributed by atoms with Crippen molar-refractivity contribution in [3.63, 3.8) is 0 Å². The maximum Gasteiger partial charge on any atom is 0.266 e. The van der Waals surface area contributed by atoms with Gasteiger partial charge in [0.2, 0.25) is 5.90 Å². The average molecular weight is 575 g/mol. The van der Waals surface area contributed by atoms with Crippen molar-refractivity contribution in [1.29, 1.82) is 0 Å². The van der Waals surface area contributed by atoms with Crippen LogP contribution in [0.4, 0.5) is 5.69 Å². The van der Waals surface area contributed by atoms with Crippen molar-refractivity contribution in [2.45, 2.75) is 38.0 Å². The first kappa shape index (κ1) is 30.2. The number of nitrogens with one attached hydrogen (secondary N) is 2. The zero-order valence-electron chi connectivity index (χ0n) is 23.7. The Morgan fingerprint density at radius 1 is 1.10 bits per heavy atom. The van der Waals surface area contributed by atoms with E-state index in [9.17, 15) is 4.79 Å². The topological polar surface area (TPSA) is 159 Å². The Labute approximate surface area is 243 Å². The number of azide groups is 1. The van der Waals surface area contributed by atoms with E-state index in [1.807, 2.05) is 18.2 Å². The van der Waals surface area contributed by atoms with Gasteiger partial charge in [0, 0.05) is 53.8 Å². The molecule has 0 fully saturated rings. The SMILES string of the molecule is COc1ccc(CNNC(=O)[C@@]2(Cc3ccccc3N=[N+]=[N-])N=C(c3ccc(OCCCO)cc3)O[C@H]2C)c(OC)c1. The second kappa shape index (κ2) is 14.2. The van der Waals surface area contributed by atoms with Crippen LogP contribution >= 0.6 is 0 Å². The van der Waals surface area contributed by atoms with Crippen molar-refractivity contribution < 1.29 is 28.8 Å². The van der Waals surface area contributed by atoms with Gasteiger partial charge in [-0.2, -0.15) is 0 Å². The minimum atomic E-state index is -1.39. The molecule has 3 N–H and O–H groups in total. The molecule has 0 radical (unpaired) electrons. The third-order valence-electron chi connectivity index (χ3n) is 6.91. The Morgan fingerprint density at radius 3 is 2.57 bits per heavy atom. The number of rotatable bonds is 14. The average Bonchev–Trinajstić information content (AvgIpc) is 3.35. The Bertz CT molecular complexity index is 1460. The van der Waals surface area contributed by atoms with Gasteiger partial charge in [0.1, 0.15) is 23.4 Å². The third kappa shape index (κ3) is 6.92. The highest BCUT2D eigenvalue weighted by Gasteiger charge is 2.50. The molecular weight excluding hydrogens is 540 g/mol. The van der Waals surface area contributed by atoms with Gasteiger partial charge in [0.15, 0.2) is 5.54 Å². The molecule has 0 saturated heterocycles. The number of aliphatic imine (C=N–C) groups is 1. The van der Waals surface area contributed by atoms with Gasteiger partial charge in [-0.25, -0.2) is 10.4 Å². The van der Waals surface area contributed by atoms with Crippen LogP contribution in [0.1, 0.15) is 30.0 Å². The molecule has 0 aromatic heterocycles. The van der Waals surface area contributed by atoms with Gasteiger partial charge < -0.3 is 24.1 Å². The Balaban J connectivity index is 1.61. The second-order valence-electron chi connectivity index (χ2n) is 9.53. The largest absolute Gasteiger partial charge is 0.497 e. The van der Waals surface area contributed by atoms with E-state index in [0.29, 0.717) is 53.0 Å². The number of amides is 1. The van der Waals surface area contributed by atoms with Crippen LogP contribution in [0.15, 0.2) is 76.8 Å². The van der Waals surface area contributed by atoms with Crippen molar-refractivity contribution in [3.05, 3.63) is 93.9 Å². The summed E-state index contributed by atoms with van der Waals surface area (Å²) < 4.78 is 22.5. The number of carbonyl (C=O) groups excluding carboxylic acids is 1. The molecule has 0 unspecified atom stereocenters. The maximum atomic E-state index is 13.9. The number of carbonyl (C=O) groups is 1. The second-order valence-corrected chi connectivity index (χ2v) is 9.53. The molecule has 2 atom stereocenters. The fourth-order valence-electron chi connectivity index (χ4n) is 4.57. The van der Waals surface area contributed by atoms with E-state index in [0.717, 1.165) is 5.56 Å². The van der Waals surface area contributed by atoms with Crippen LogP contribution in [0.25, 0.3) is 10.4 Å². The molecule has 12 nitrogen and oxygen atoms in total. The van der Waals surface area contributed by atoms with Crippen LogP contribution in [0.3, 0.4) is 0 Å². The number of hydrazine groups is 1. The highest BCUT2D eigenvalue weighted by atomic mass is 16.5. The maximum absolute atomic E-state index is 13.9. The van der Waals surface area contributed by atoms with Gasteiger partial charge in [-0.05, 0) is 48.4 Å². The molecule has 3 aromatic rings. The summed E-state index contributed by atoms with van der Waals surface area (Å²) in [5, 5.41) is 12.8. The fraction of sp³-hybridized carbons (Fsp3) is 0.333. The molecule has 1 aliphatic rings. The van der Waals surface area contributed by atoms with Crippen LogP contribution < -0.4 is 25.1 Å². The van der Waals surface area contributed by atoms with E-state index in [1.54, 1.807) is 69.7 Å². The summed E-state index contributed by atoms with van der Waals surface area (Å²) in [7, 11) is 3.14. The van der Waals surface area contributed by atoms with Crippen molar-refractivity contribution in [2.24, 2.45) is 10.1 Å². The van der Waals surface area contributed by atoms with E-state index in [1.165, 1.54) is 0 Å². The quantitative estimate of drug-likeness (QED) is 0.0847. The van der Waals surface area contributed by atoms with Crippen LogP contribution in [0, 0.1) is 0 Å². The zero-order valence-corrected chi connectivity index (χ0v) is 23.7. The highest BCUT2D eigenvalue weighted by molar-refractivity contribution is 6.00. The third-order valence-corrected chi connectivity index (χ3v) is 6.91. The molecule has 3 aromatic carbocycles. The molecule has 0 spiro atoms. The van der Waals surface area contributed by atoms with Crippen LogP contribution in [0.5, 0.6) is 17.2 Å². The number of ether oxygens (including phenoxy) is 4. The Morgan fingerprint density at radius 2 is 1.86 bits per heavy atom. The summed E-state index contributed by atoms with van der Waals surface area (Å²) in [5.74, 6) is 1.79. The first-order valence-corrected chi connectivity index (χ1v) is 13.4. The van der Waals surface area contributed by atoms with Crippen LogP contribution in [-0.2, 0) is 22.5 Å². The lowest BCUT2D eigenvalue weighted by Crippen LogP contribution is -2.55. The molecule has 220 valence electrons. The minimum Gasteiger partial charge on any atom is -0.497 e. The van der Waals surface area contributed by atoms with Gasteiger partial charge in [-0.1, -0.05) is 35.4 Å². The molecule has 0 saturated carbocycles. The van der Waals surface area contributed by atoms with E-state index in [-0.39, 0.29) is 19.6 Å². The summed E-state index contributed by atoms with van der Waals surface area (Å²) in [6.45, 7) is 2.50. The van der Waals surface area contributed by atoms with E-state index in [2.05, 4.69) is 20.9 Å². The number of aliphatic hydroxyl groups is 1. The number of aliphatic hydroxyl groups excluding tert-OH is 1. The zero-order chi connectivity index (χ0) is 30.0. The Hall–Kier alpha value is -4.77. The smallest absolute Gasteiger partial charge is 0.266 e. The van der Waals surface area contributed by atoms with Crippen molar-refractivity contribution in [2.75, 3.05) is 27.4 Å². The summed E-state index contributed by atoms with van der Waals surface area (Å²) in [6, 6.07) is 19.6. The number of hydrogen-bond donors (Lipinski definition) is 3. The van der Waals surface area contributed by atoms with Gasteiger partial charge in [-0.15, -0.1) is 0 Å². The summed E-state index contributed by atoms with van der Waals surface area (Å²) in [4.78, 5) is 21.7. The lowest BCUT2D eigenvalue weighted by molar-refractivity contribution is -0.129. The number of methoxy groups -OCH3 is 2. The van der Waals surface area contributed by atoms with E-state index >= 15 is 0 Å². The van der Waals surface area contributed by atoms with E-state index < -0.39 is 17.6 Å². The molecule has 42 heavy (non-hydrogen) atoms. The fourth-order valence-corrected chi connectivity index (χ4v) is 4.57. The summed E-state index contributed by atoms with van der Waals surface area (Å²) in [5.41, 5.74) is 16.0. The number of nitrogens with zero attached hydrogens (tertiary/aromatic N) is 4. The highest BCUT2D eigenvalue weighted by Crippen LogP contribution is 2.35. The van der Waals surface area contributed by atoms with Crippen LogP contribution in [-0.4, -0.2) is 56.0 Å². The predicted octanol–water partition coefficient (Wildman–Crippen LogP) is 4.37. The standard InChI is InChI=1S/C30H34N6O6/c1-20-30(18-22-7-4-5-8-26(22)34-36-31,29(38)35-32-19-23-11-14-25(39-2)17-27(23)40-3)33-28(42-20)21-9-12-24(13-10-21)41-16-6-15-37/h4-5,7-14,17,20,32,37H,6,15-16,18-19H2,1-3H3,(H,35,38)/t20-,30-/m0/s1. The van der Waals surface area contributed by atoms with Crippen LogP contribution in [0.2, 0.25) is 0 Å². The van der Waals surface area contributed by atoms with Gasteiger partial charge in [0.25, 0.3) is 5.91 Å². The summed E-state index contributed by atoms with van der Waals surface area (Å²) in [6.07, 6.45) is -0.0119. The van der Waals surface area contributed by atoms with Crippen molar-refractivity contribution in [3.8, 4) is 17.2 Å². The monoisotopic (exact) mass is 574 g/mol. The molecule has 12 heteroatoms. The molecule has 0 bridgehead atoms. The lowest BCUT2D eigenvalue weighted by Gasteiger charge is -2.28. The molecule has 1 amide bonds. The number of benzene rings is 3. The van der Waals surface area contributed by atoms with Gasteiger partial charge in [-0.3, -0.25) is 10.2 Å². The molecule has 0 aliphatic carbocycles. The van der Waals surface area contributed by atoms with Crippen molar-refractivity contribution >= 4 is 17.5 Å². The Kier molecular flexibility index (Phi) is 10.2. The normalized spacial score (nSPS) is 17.4. The first-order valence-electron chi connectivity index (χ1n) is 13.4. The molecule has 4 rings (SSSR count). The molecule has 1 heterocycles. The minimum absolute atomic E-state index is 0.0517. The first-order chi connectivity index (χ1) is 20.4. The molecular formula is C30H34N6O6. The number of hydrogen-bond acceptors (Lipinski definition) is 9.